The molecule has 1 N–H and O–H groups in total. The van der Waals surface area contributed by atoms with Gasteiger partial charge in [0.25, 0.3) is 0 Å². The van der Waals surface area contributed by atoms with Crippen molar-refractivity contribution in [1.29, 1.82) is 0 Å². The Hall–Kier alpha value is -1.39. The Bertz CT molecular complexity index is 1000. The number of aliphatic hydroxyl groups excluding tert-OH is 1. The zero-order valence-electron chi connectivity index (χ0n) is 23.8. The van der Waals surface area contributed by atoms with Gasteiger partial charge in [-0.15, -0.1) is 0 Å². The first-order valence-electron chi connectivity index (χ1n) is 16.5. The van der Waals surface area contributed by atoms with E-state index in [1.807, 2.05) is 0 Å². The van der Waals surface area contributed by atoms with E-state index in [4.69, 9.17) is 14.1 Å². The minimum absolute atomic E-state index is 0.220. The number of aliphatic hydroxyl groups is 1. The highest BCUT2D eigenvalue weighted by molar-refractivity contribution is 5.89. The molecule has 2 heterocycles. The molecule has 4 atom stereocenters. The maximum atomic E-state index is 11.7. The number of allylic oxidation sites excluding steroid dienone is 1. The molecule has 0 bridgehead atoms. The predicted molar refractivity (Wildman–Crippen MR) is 154 cm³/mol. The van der Waals surface area contributed by atoms with Gasteiger partial charge in [-0.05, 0) is 114 Å². The van der Waals surface area contributed by atoms with Crippen molar-refractivity contribution >= 4 is 5.71 Å². The van der Waals surface area contributed by atoms with Crippen LogP contribution in [0.2, 0.25) is 0 Å². The van der Waals surface area contributed by atoms with Gasteiger partial charge in [0.2, 0.25) is 0 Å². The Labute approximate surface area is 230 Å². The smallest absolute Gasteiger partial charge is 0.136 e. The molecule has 1 aromatic heterocycles. The summed E-state index contributed by atoms with van der Waals surface area (Å²) in [5.74, 6) is 2.11. The third-order valence-corrected chi connectivity index (χ3v) is 10.3. The van der Waals surface area contributed by atoms with Crippen molar-refractivity contribution in [1.82, 2.24) is 0 Å². The first-order chi connectivity index (χ1) is 18.8. The van der Waals surface area contributed by atoms with Gasteiger partial charge in [0, 0.05) is 18.6 Å². The van der Waals surface area contributed by atoms with Gasteiger partial charge in [0.1, 0.15) is 17.6 Å². The van der Waals surface area contributed by atoms with E-state index in [1.54, 1.807) is 5.57 Å². The van der Waals surface area contributed by atoms with Crippen molar-refractivity contribution < 1.29 is 14.3 Å². The van der Waals surface area contributed by atoms with Gasteiger partial charge < -0.3 is 14.3 Å². The zero-order valence-corrected chi connectivity index (χ0v) is 23.8. The Balaban J connectivity index is 1.23. The van der Waals surface area contributed by atoms with E-state index in [-0.39, 0.29) is 6.10 Å². The number of hydrogen-bond donors (Lipinski definition) is 1. The third-order valence-electron chi connectivity index (χ3n) is 10.3. The molecule has 5 aliphatic rings. The van der Waals surface area contributed by atoms with Crippen LogP contribution in [0.25, 0.3) is 0 Å². The SMILES string of the molecule is OC1C/C2=C(\CCCCCCc3c1oc1c3CCCC1)CCCCCC1=NC3CCCCC3OC1CCC2. The average Bonchev–Trinajstić information content (AvgIpc) is 3.30. The summed E-state index contributed by atoms with van der Waals surface area (Å²) in [6.45, 7) is 0. The summed E-state index contributed by atoms with van der Waals surface area (Å²) in [5.41, 5.74) is 7.39. The van der Waals surface area contributed by atoms with Crippen molar-refractivity contribution in [3.8, 4) is 0 Å². The topological polar surface area (TPSA) is 55.0 Å². The van der Waals surface area contributed by atoms with Crippen LogP contribution in [0.5, 0.6) is 0 Å². The van der Waals surface area contributed by atoms with Crippen molar-refractivity contribution in [2.75, 3.05) is 0 Å². The quantitative estimate of drug-likeness (QED) is 0.347. The Morgan fingerprint density at radius 2 is 1.29 bits per heavy atom. The second kappa shape index (κ2) is 12.9. The lowest BCUT2D eigenvalue weighted by molar-refractivity contribution is -0.0248. The van der Waals surface area contributed by atoms with Gasteiger partial charge in [-0.1, -0.05) is 43.3 Å². The molecule has 1 aliphatic heterocycles. The molecule has 38 heavy (non-hydrogen) atoms. The number of aliphatic imine (C=N–C) groups is 1. The van der Waals surface area contributed by atoms with E-state index in [0.29, 0.717) is 12.1 Å². The number of fused-ring (bicyclic) bond motifs is 5. The summed E-state index contributed by atoms with van der Waals surface area (Å²) in [6, 6.07) is 0.423. The molecule has 210 valence electrons. The molecule has 0 aromatic carbocycles. The van der Waals surface area contributed by atoms with Gasteiger partial charge in [-0.2, -0.15) is 0 Å². The number of furan rings is 1. The van der Waals surface area contributed by atoms with Crippen molar-refractivity contribution in [2.45, 2.75) is 172 Å². The summed E-state index contributed by atoms with van der Waals surface area (Å²) < 4.78 is 13.2. The molecular weight excluding hydrogens is 470 g/mol. The summed E-state index contributed by atoms with van der Waals surface area (Å²) in [4.78, 5) is 5.30. The largest absolute Gasteiger partial charge is 0.463 e. The van der Waals surface area contributed by atoms with Crippen LogP contribution in [0.3, 0.4) is 0 Å². The summed E-state index contributed by atoms with van der Waals surface area (Å²) >= 11 is 0. The predicted octanol–water partition coefficient (Wildman–Crippen LogP) is 8.67. The second-order valence-electron chi connectivity index (χ2n) is 13.0. The van der Waals surface area contributed by atoms with Crippen molar-refractivity contribution in [3.63, 3.8) is 0 Å². The van der Waals surface area contributed by atoms with Crippen molar-refractivity contribution in [2.24, 2.45) is 4.99 Å². The van der Waals surface area contributed by atoms with Gasteiger partial charge in [-0.25, -0.2) is 0 Å². The van der Waals surface area contributed by atoms with Crippen LogP contribution in [0, 0.1) is 0 Å². The summed E-state index contributed by atoms with van der Waals surface area (Å²) in [7, 11) is 0. The fourth-order valence-electron chi connectivity index (χ4n) is 8.17. The normalized spacial score (nSPS) is 33.9. The monoisotopic (exact) mass is 521 g/mol. The molecule has 1 fully saturated rings. The van der Waals surface area contributed by atoms with E-state index < -0.39 is 6.10 Å². The molecule has 6 rings (SSSR count). The fourth-order valence-corrected chi connectivity index (χ4v) is 8.17. The molecule has 4 heteroatoms. The minimum atomic E-state index is -0.501. The van der Waals surface area contributed by atoms with Gasteiger partial charge in [0.05, 0.1) is 18.2 Å². The highest BCUT2D eigenvalue weighted by Gasteiger charge is 2.35. The van der Waals surface area contributed by atoms with Crippen LogP contribution in [0.1, 0.15) is 157 Å². The number of nitrogens with zero attached hydrogens (tertiary/aromatic N) is 1. The van der Waals surface area contributed by atoms with Crippen LogP contribution in [-0.4, -0.2) is 29.1 Å². The highest BCUT2D eigenvalue weighted by Crippen LogP contribution is 2.39. The summed E-state index contributed by atoms with van der Waals surface area (Å²) in [5, 5.41) is 11.7. The van der Waals surface area contributed by atoms with Gasteiger partial charge in [-0.3, -0.25) is 4.99 Å². The maximum absolute atomic E-state index is 11.7. The molecule has 0 amide bonds. The van der Waals surface area contributed by atoms with E-state index >= 15 is 0 Å². The fraction of sp³-hybridized carbons (Fsp3) is 0.794. The van der Waals surface area contributed by atoms with E-state index in [9.17, 15) is 5.11 Å². The van der Waals surface area contributed by atoms with Gasteiger partial charge in [0.15, 0.2) is 0 Å². The lowest BCUT2D eigenvalue weighted by Crippen LogP contribution is -2.43. The summed E-state index contributed by atoms with van der Waals surface area (Å²) in [6.07, 6.45) is 27.4. The maximum Gasteiger partial charge on any atom is 0.136 e. The van der Waals surface area contributed by atoms with Gasteiger partial charge >= 0.3 is 0 Å². The van der Waals surface area contributed by atoms with Crippen molar-refractivity contribution in [3.05, 3.63) is 33.8 Å². The van der Waals surface area contributed by atoms with E-state index in [2.05, 4.69) is 0 Å². The van der Waals surface area contributed by atoms with Crippen LogP contribution >= 0.6 is 0 Å². The second-order valence-corrected chi connectivity index (χ2v) is 13.0. The van der Waals surface area contributed by atoms with Crippen LogP contribution in [-0.2, 0) is 24.0 Å². The van der Waals surface area contributed by atoms with Crippen LogP contribution < -0.4 is 0 Å². The molecule has 4 aliphatic carbocycles. The number of rotatable bonds is 0. The molecule has 0 radical (unpaired) electrons. The molecule has 4 nitrogen and oxygen atoms in total. The van der Waals surface area contributed by atoms with E-state index in [1.165, 1.54) is 124 Å². The first kappa shape index (κ1) is 26.8. The molecule has 1 saturated carbocycles. The number of hydrogen-bond acceptors (Lipinski definition) is 4. The molecule has 4 unspecified atom stereocenters. The molecule has 1 aromatic rings. The Morgan fingerprint density at radius 1 is 0.605 bits per heavy atom. The molecular formula is C34H51NO3. The third kappa shape index (κ3) is 6.17. The standard InChI is InChI=1S/C34H51NO3/c36-30-23-25-15-12-22-33-28(35-29-19-9-11-21-32(29)37-33)18-7-3-5-14-24(25)13-4-1-2-6-17-27-26-16-8-10-20-31(26)38-34(27)30/h29-30,32-33,36H,1-23H2/b25-24+. The highest BCUT2D eigenvalue weighted by atomic mass is 16.5. The zero-order chi connectivity index (χ0) is 25.7. The van der Waals surface area contributed by atoms with Crippen LogP contribution in [0.15, 0.2) is 20.6 Å². The lowest BCUT2D eigenvalue weighted by Gasteiger charge is -2.38. The number of ether oxygens (including phenoxy) is 1. The lowest BCUT2D eigenvalue weighted by atomic mass is 9.85. The molecule has 0 spiro atoms. The number of aryl methyl sites for hydroxylation is 1. The Morgan fingerprint density at radius 3 is 2.18 bits per heavy atom. The van der Waals surface area contributed by atoms with E-state index in [0.717, 1.165) is 57.1 Å². The minimum Gasteiger partial charge on any atom is -0.463 e. The Kier molecular flexibility index (Phi) is 9.07. The average molecular weight is 522 g/mol. The first-order valence-corrected chi connectivity index (χ1v) is 16.5. The van der Waals surface area contributed by atoms with Crippen LogP contribution in [0.4, 0.5) is 0 Å². The molecule has 0 saturated heterocycles.